The Bertz CT molecular complexity index is 79.8. The van der Waals surface area contributed by atoms with Crippen LogP contribution in [-0.2, 0) is 0 Å². The number of hydrogen-bond acceptors (Lipinski definition) is 3. The molecule has 0 amide bonds. The molecule has 122 valence electrons. The maximum Gasteiger partial charge on any atom is -0.000968 e. The zero-order valence-electron chi connectivity index (χ0n) is 8.69. The van der Waals surface area contributed by atoms with Gasteiger partial charge in [-0.05, 0) is 60.2 Å². The van der Waals surface area contributed by atoms with Gasteiger partial charge >= 0.3 is 0 Å². The zero-order valence-corrected chi connectivity index (χ0v) is 8.69. The molecule has 1 heterocycles. The van der Waals surface area contributed by atoms with Crippen LogP contribution in [0.15, 0.2) is 0 Å². The van der Waals surface area contributed by atoms with E-state index in [2.05, 4.69) is 22.6 Å². The van der Waals surface area contributed by atoms with Gasteiger partial charge in [0.05, 0.1) is 0 Å². The Kier molecular flexibility index (Phi) is 86.0. The predicted octanol–water partition coefficient (Wildman–Crippen LogP) is 3.95. The summed E-state index contributed by atoms with van der Waals surface area (Å²) >= 11 is 0. The molecule has 0 radical (unpaired) electrons. The monoisotopic (exact) mass is 269 g/mol. The summed E-state index contributed by atoms with van der Waals surface area (Å²) in [6, 6.07) is 0. The van der Waals surface area contributed by atoms with Gasteiger partial charge in [0.25, 0.3) is 0 Å². The highest BCUT2D eigenvalue weighted by atomic mass is 15.1. The third-order valence-corrected chi connectivity index (χ3v) is 1.79. The van der Waals surface area contributed by atoms with Gasteiger partial charge in [-0.2, -0.15) is 0 Å². The molecule has 0 saturated carbocycles. The molecule has 1 aliphatic rings. The smallest absolute Gasteiger partial charge is 0.000968 e. The van der Waals surface area contributed by atoms with Gasteiger partial charge in [0.15, 0.2) is 0 Å². The predicted molar refractivity (Wildman–Crippen MR) is 95.0 cm³/mol. The molecule has 3 heteroatoms. The summed E-state index contributed by atoms with van der Waals surface area (Å²) in [7, 11) is 5.95. The fourth-order valence-corrected chi connectivity index (χ4v) is 1.18. The highest BCUT2D eigenvalue weighted by Gasteiger charge is 2.00. The summed E-state index contributed by atoms with van der Waals surface area (Å²) in [6.07, 6.45) is 2.60. The van der Waals surface area contributed by atoms with E-state index >= 15 is 0 Å². The third kappa shape index (κ3) is 36.0. The SMILES string of the molecule is C.C.C.C.C.C.CN1CCCNCCC1.CNC. The molecule has 0 aromatic carbocycles. The van der Waals surface area contributed by atoms with Crippen molar-refractivity contribution in [2.45, 2.75) is 57.4 Å². The molecule has 1 aliphatic heterocycles. The van der Waals surface area contributed by atoms with Crippen LogP contribution in [0.4, 0.5) is 0 Å². The first-order chi connectivity index (χ1) is 5.81. The second kappa shape index (κ2) is 36.0. The quantitative estimate of drug-likeness (QED) is 0.697. The second-order valence-electron chi connectivity index (χ2n) is 3.26. The molecular weight excluding hydrogens is 222 g/mol. The standard InChI is InChI=1S/C7H16N2.C2H7N.6CH4/c1-9-6-2-4-8-5-3-7-9;1-3-2;;;;;;/h8H,2-7H2,1H3;3H,1-2H3;6*1H4. The van der Waals surface area contributed by atoms with E-state index < -0.39 is 0 Å². The van der Waals surface area contributed by atoms with Crippen molar-refractivity contribution in [3.05, 3.63) is 0 Å². The molecule has 1 rings (SSSR count). The summed E-state index contributed by atoms with van der Waals surface area (Å²) < 4.78 is 0. The lowest BCUT2D eigenvalue weighted by atomic mass is 10.3. The Morgan fingerprint density at radius 1 is 0.778 bits per heavy atom. The van der Waals surface area contributed by atoms with E-state index in [1.165, 1.54) is 39.0 Å². The molecule has 0 unspecified atom stereocenters. The summed E-state index contributed by atoms with van der Waals surface area (Å²) in [5.74, 6) is 0. The summed E-state index contributed by atoms with van der Waals surface area (Å²) in [5, 5.41) is 6.13. The van der Waals surface area contributed by atoms with Crippen LogP contribution in [0.2, 0.25) is 0 Å². The molecule has 1 saturated heterocycles. The third-order valence-electron chi connectivity index (χ3n) is 1.79. The Labute approximate surface area is 121 Å². The zero-order chi connectivity index (χ0) is 9.23. The summed E-state index contributed by atoms with van der Waals surface area (Å²) in [5.41, 5.74) is 0. The molecule has 0 aromatic heterocycles. The van der Waals surface area contributed by atoms with E-state index in [0.717, 1.165) is 0 Å². The van der Waals surface area contributed by atoms with Gasteiger partial charge in [-0.25, -0.2) is 0 Å². The molecule has 0 atom stereocenters. The molecule has 1 fully saturated rings. The largest absolute Gasteiger partial charge is 0.323 e. The number of nitrogens with one attached hydrogen (secondary N) is 2. The van der Waals surface area contributed by atoms with Crippen LogP contribution in [0.25, 0.3) is 0 Å². The number of nitrogens with zero attached hydrogens (tertiary/aromatic N) is 1. The molecule has 18 heavy (non-hydrogen) atoms. The molecule has 0 spiro atoms. The first kappa shape index (κ1) is 43.0. The van der Waals surface area contributed by atoms with Crippen molar-refractivity contribution < 1.29 is 0 Å². The van der Waals surface area contributed by atoms with E-state index in [9.17, 15) is 0 Å². The van der Waals surface area contributed by atoms with Gasteiger partial charge in [-0.3, -0.25) is 0 Å². The van der Waals surface area contributed by atoms with Crippen molar-refractivity contribution in [2.75, 3.05) is 47.3 Å². The normalized spacial score (nSPS) is 13.5. The van der Waals surface area contributed by atoms with Gasteiger partial charge < -0.3 is 15.5 Å². The minimum absolute atomic E-state index is 0. The summed E-state index contributed by atoms with van der Waals surface area (Å²) in [6.45, 7) is 4.91. The maximum absolute atomic E-state index is 3.38. The fourth-order valence-electron chi connectivity index (χ4n) is 1.18. The van der Waals surface area contributed by atoms with E-state index in [4.69, 9.17) is 0 Å². The lowest BCUT2D eigenvalue weighted by Gasteiger charge is -2.19. The lowest BCUT2D eigenvalue weighted by Crippen LogP contribution is -2.31. The second-order valence-corrected chi connectivity index (χ2v) is 3.26. The van der Waals surface area contributed by atoms with Gasteiger partial charge in [-0.1, -0.05) is 44.6 Å². The number of hydrogen-bond donors (Lipinski definition) is 2. The Morgan fingerprint density at radius 2 is 1.06 bits per heavy atom. The molecule has 3 nitrogen and oxygen atoms in total. The van der Waals surface area contributed by atoms with Crippen molar-refractivity contribution in [3.63, 3.8) is 0 Å². The number of rotatable bonds is 0. The van der Waals surface area contributed by atoms with Gasteiger partial charge in [0.2, 0.25) is 0 Å². The Morgan fingerprint density at radius 3 is 1.33 bits per heavy atom. The average Bonchev–Trinajstić information content (AvgIpc) is 1.98. The lowest BCUT2D eigenvalue weighted by molar-refractivity contribution is 0.304. The minimum atomic E-state index is 0. The van der Waals surface area contributed by atoms with Crippen molar-refractivity contribution in [1.29, 1.82) is 0 Å². The van der Waals surface area contributed by atoms with Crippen molar-refractivity contribution in [2.24, 2.45) is 0 Å². The minimum Gasteiger partial charge on any atom is -0.323 e. The topological polar surface area (TPSA) is 27.3 Å². The molecule has 2 N–H and O–H groups in total. The van der Waals surface area contributed by atoms with E-state index in [0.29, 0.717) is 0 Å². The van der Waals surface area contributed by atoms with Crippen LogP contribution in [0.5, 0.6) is 0 Å². The van der Waals surface area contributed by atoms with Crippen LogP contribution in [-0.4, -0.2) is 52.2 Å². The van der Waals surface area contributed by atoms with E-state index in [1.54, 1.807) is 0 Å². The highest BCUT2D eigenvalue weighted by Crippen LogP contribution is 1.92. The highest BCUT2D eigenvalue weighted by molar-refractivity contribution is 4.59. The van der Waals surface area contributed by atoms with Crippen LogP contribution in [0.3, 0.4) is 0 Å². The van der Waals surface area contributed by atoms with Crippen molar-refractivity contribution >= 4 is 0 Å². The Balaban J connectivity index is -0.0000000249. The average molecular weight is 270 g/mol. The van der Waals surface area contributed by atoms with Gasteiger partial charge in [0, 0.05) is 0 Å². The molecular formula is C15H47N3. The fraction of sp³-hybridized carbons (Fsp3) is 1.00. The van der Waals surface area contributed by atoms with E-state index in [1.807, 2.05) is 14.1 Å². The Hall–Kier alpha value is -0.120. The summed E-state index contributed by atoms with van der Waals surface area (Å²) in [4.78, 5) is 2.40. The van der Waals surface area contributed by atoms with Crippen LogP contribution >= 0.6 is 0 Å². The van der Waals surface area contributed by atoms with E-state index in [-0.39, 0.29) is 44.6 Å². The van der Waals surface area contributed by atoms with Crippen LogP contribution in [0.1, 0.15) is 57.4 Å². The van der Waals surface area contributed by atoms with Gasteiger partial charge in [0.1, 0.15) is 0 Å². The van der Waals surface area contributed by atoms with Crippen LogP contribution < -0.4 is 10.6 Å². The molecule has 0 aliphatic carbocycles. The molecule has 0 aromatic rings. The van der Waals surface area contributed by atoms with Crippen LogP contribution in [0, 0.1) is 0 Å². The van der Waals surface area contributed by atoms with Gasteiger partial charge in [-0.15, -0.1) is 0 Å². The maximum atomic E-state index is 3.38. The van der Waals surface area contributed by atoms with Crippen molar-refractivity contribution in [1.82, 2.24) is 15.5 Å². The van der Waals surface area contributed by atoms with Crippen molar-refractivity contribution in [3.8, 4) is 0 Å². The first-order valence-electron chi connectivity index (χ1n) is 4.79. The first-order valence-corrected chi connectivity index (χ1v) is 4.79. The molecule has 0 bridgehead atoms.